The highest BCUT2D eigenvalue weighted by atomic mass is 16.5. The number of nitrogens with one attached hydrogen (secondary N) is 2. The average Bonchev–Trinajstić information content (AvgIpc) is 3.56. The van der Waals surface area contributed by atoms with Crippen LogP contribution < -0.4 is 10.6 Å². The van der Waals surface area contributed by atoms with E-state index in [9.17, 15) is 4.79 Å². The number of benzene rings is 2. The number of carbonyl (C=O) groups excluding carboxylic acids is 1. The molecule has 4 rings (SSSR count). The number of ether oxygens (including phenoxy) is 1. The topological polar surface area (TPSA) is 53.6 Å². The first-order chi connectivity index (χ1) is 13.8. The van der Waals surface area contributed by atoms with Crippen molar-refractivity contribution in [2.45, 2.75) is 24.3 Å². The predicted octanol–water partition coefficient (Wildman–Crippen LogP) is 3.09. The minimum absolute atomic E-state index is 0.0867. The Morgan fingerprint density at radius 1 is 0.964 bits per heavy atom. The number of nitrogens with zero attached hydrogens (tertiary/aromatic N) is 1. The summed E-state index contributed by atoms with van der Waals surface area (Å²) >= 11 is 0. The lowest BCUT2D eigenvalue weighted by Gasteiger charge is -2.35. The summed E-state index contributed by atoms with van der Waals surface area (Å²) in [6.45, 7) is 4.55. The Bertz CT molecular complexity index is 756. The summed E-state index contributed by atoms with van der Waals surface area (Å²) in [6, 6.07) is 21.0. The van der Waals surface area contributed by atoms with E-state index in [0.717, 1.165) is 39.1 Å². The van der Waals surface area contributed by atoms with E-state index >= 15 is 0 Å². The van der Waals surface area contributed by atoms with E-state index < -0.39 is 0 Å². The third-order valence-corrected chi connectivity index (χ3v) is 5.95. The van der Waals surface area contributed by atoms with Gasteiger partial charge in [-0.25, -0.2) is 4.79 Å². The van der Waals surface area contributed by atoms with Crippen LogP contribution in [-0.4, -0.2) is 50.3 Å². The van der Waals surface area contributed by atoms with Gasteiger partial charge in [-0.15, -0.1) is 0 Å². The maximum absolute atomic E-state index is 12.5. The molecule has 1 aliphatic carbocycles. The molecule has 1 saturated carbocycles. The molecule has 28 heavy (non-hydrogen) atoms. The quantitative estimate of drug-likeness (QED) is 0.777. The zero-order valence-electron chi connectivity index (χ0n) is 16.3. The van der Waals surface area contributed by atoms with Gasteiger partial charge in [-0.3, -0.25) is 4.90 Å². The van der Waals surface area contributed by atoms with Crippen LogP contribution in [-0.2, 0) is 10.2 Å². The van der Waals surface area contributed by atoms with Crippen LogP contribution in [0.1, 0.15) is 30.0 Å². The fourth-order valence-corrected chi connectivity index (χ4v) is 4.03. The second kappa shape index (κ2) is 8.76. The van der Waals surface area contributed by atoms with Gasteiger partial charge in [0.1, 0.15) is 0 Å². The highest BCUT2D eigenvalue weighted by Gasteiger charge is 2.44. The molecule has 2 amide bonds. The van der Waals surface area contributed by atoms with Crippen LogP contribution >= 0.6 is 0 Å². The number of hydrogen-bond donors (Lipinski definition) is 2. The molecule has 0 spiro atoms. The highest BCUT2D eigenvalue weighted by Crippen LogP contribution is 2.47. The minimum atomic E-state index is -0.0867. The molecule has 2 N–H and O–H groups in total. The van der Waals surface area contributed by atoms with Crippen molar-refractivity contribution in [3.05, 3.63) is 71.8 Å². The number of hydrogen-bond acceptors (Lipinski definition) is 3. The molecule has 0 radical (unpaired) electrons. The van der Waals surface area contributed by atoms with Crippen molar-refractivity contribution in [2.75, 3.05) is 39.4 Å². The molecule has 1 unspecified atom stereocenters. The van der Waals surface area contributed by atoms with Gasteiger partial charge in [0.15, 0.2) is 0 Å². The molecule has 1 aliphatic heterocycles. The second-order valence-corrected chi connectivity index (χ2v) is 7.78. The van der Waals surface area contributed by atoms with Crippen LogP contribution in [0.5, 0.6) is 0 Å². The van der Waals surface area contributed by atoms with Gasteiger partial charge < -0.3 is 15.4 Å². The summed E-state index contributed by atoms with van der Waals surface area (Å²) in [6.07, 6.45) is 2.27. The van der Waals surface area contributed by atoms with Crippen LogP contribution in [0.2, 0.25) is 0 Å². The lowest BCUT2D eigenvalue weighted by molar-refractivity contribution is 0.0167. The Morgan fingerprint density at radius 2 is 1.61 bits per heavy atom. The SMILES string of the molecule is O=C(NCC(c1ccccc1)N1CCOCC1)NCC1(c2ccccc2)CC1. The molecule has 0 bridgehead atoms. The van der Waals surface area contributed by atoms with E-state index in [1.807, 2.05) is 12.1 Å². The fourth-order valence-electron chi connectivity index (χ4n) is 4.03. The first-order valence-corrected chi connectivity index (χ1v) is 10.2. The first-order valence-electron chi connectivity index (χ1n) is 10.2. The van der Waals surface area contributed by atoms with Crippen molar-refractivity contribution in [1.29, 1.82) is 0 Å². The molecular formula is C23H29N3O2. The van der Waals surface area contributed by atoms with E-state index in [-0.39, 0.29) is 17.5 Å². The Balaban J connectivity index is 1.33. The van der Waals surface area contributed by atoms with Gasteiger partial charge in [0, 0.05) is 31.6 Å². The smallest absolute Gasteiger partial charge is 0.314 e. The van der Waals surface area contributed by atoms with Crippen molar-refractivity contribution < 1.29 is 9.53 Å². The molecular weight excluding hydrogens is 350 g/mol. The van der Waals surface area contributed by atoms with Gasteiger partial charge in [0.2, 0.25) is 0 Å². The summed E-state index contributed by atoms with van der Waals surface area (Å²) in [5, 5.41) is 6.20. The molecule has 2 aromatic carbocycles. The molecule has 1 atom stereocenters. The van der Waals surface area contributed by atoms with Crippen LogP contribution in [0.4, 0.5) is 4.79 Å². The molecule has 148 valence electrons. The molecule has 2 aromatic rings. The van der Waals surface area contributed by atoms with Crippen LogP contribution in [0.3, 0.4) is 0 Å². The van der Waals surface area contributed by atoms with Crippen molar-refractivity contribution in [3.8, 4) is 0 Å². The molecule has 2 fully saturated rings. The summed E-state index contributed by atoms with van der Waals surface area (Å²) in [7, 11) is 0. The van der Waals surface area contributed by atoms with Crippen LogP contribution in [0.25, 0.3) is 0 Å². The van der Waals surface area contributed by atoms with Crippen molar-refractivity contribution in [2.24, 2.45) is 0 Å². The predicted molar refractivity (Wildman–Crippen MR) is 110 cm³/mol. The van der Waals surface area contributed by atoms with Gasteiger partial charge in [-0.2, -0.15) is 0 Å². The highest BCUT2D eigenvalue weighted by molar-refractivity contribution is 5.74. The molecule has 1 heterocycles. The Morgan fingerprint density at radius 3 is 2.25 bits per heavy atom. The summed E-state index contributed by atoms with van der Waals surface area (Å²) in [5.74, 6) is 0. The van der Waals surface area contributed by atoms with Crippen molar-refractivity contribution in [1.82, 2.24) is 15.5 Å². The van der Waals surface area contributed by atoms with Gasteiger partial charge in [-0.1, -0.05) is 60.7 Å². The van der Waals surface area contributed by atoms with Crippen LogP contribution in [0, 0.1) is 0 Å². The summed E-state index contributed by atoms with van der Waals surface area (Å²) in [5.41, 5.74) is 2.68. The molecule has 5 nitrogen and oxygen atoms in total. The van der Waals surface area contributed by atoms with Gasteiger partial charge in [-0.05, 0) is 24.0 Å². The van der Waals surface area contributed by atoms with E-state index in [1.54, 1.807) is 0 Å². The zero-order valence-corrected chi connectivity index (χ0v) is 16.3. The Labute approximate surface area is 167 Å². The lowest BCUT2D eigenvalue weighted by Crippen LogP contribution is -2.46. The van der Waals surface area contributed by atoms with Crippen LogP contribution in [0.15, 0.2) is 60.7 Å². The summed E-state index contributed by atoms with van der Waals surface area (Å²) < 4.78 is 5.49. The molecule has 5 heteroatoms. The number of amides is 2. The number of rotatable bonds is 7. The standard InChI is InChI=1S/C23H29N3O2/c27-22(25-18-23(11-12-23)20-9-5-2-6-10-20)24-17-21(19-7-3-1-4-8-19)26-13-15-28-16-14-26/h1-10,21H,11-18H2,(H2,24,25,27). The normalized spacial score (nSPS) is 19.6. The van der Waals surface area contributed by atoms with Gasteiger partial charge >= 0.3 is 6.03 Å². The lowest BCUT2D eigenvalue weighted by atomic mass is 9.96. The zero-order chi connectivity index (χ0) is 19.2. The number of morpholine rings is 1. The third-order valence-electron chi connectivity index (χ3n) is 5.95. The van der Waals surface area contributed by atoms with Crippen molar-refractivity contribution >= 4 is 6.03 Å². The third kappa shape index (κ3) is 4.54. The van der Waals surface area contributed by atoms with E-state index in [1.165, 1.54) is 11.1 Å². The average molecular weight is 380 g/mol. The monoisotopic (exact) mass is 379 g/mol. The Kier molecular flexibility index (Phi) is 5.93. The van der Waals surface area contributed by atoms with E-state index in [4.69, 9.17) is 4.74 Å². The maximum atomic E-state index is 12.5. The van der Waals surface area contributed by atoms with E-state index in [0.29, 0.717) is 13.1 Å². The fraction of sp³-hybridized carbons (Fsp3) is 0.435. The summed E-state index contributed by atoms with van der Waals surface area (Å²) in [4.78, 5) is 14.9. The van der Waals surface area contributed by atoms with Crippen molar-refractivity contribution in [3.63, 3.8) is 0 Å². The largest absolute Gasteiger partial charge is 0.379 e. The number of carbonyl (C=O) groups is 1. The minimum Gasteiger partial charge on any atom is -0.379 e. The maximum Gasteiger partial charge on any atom is 0.314 e. The Hall–Kier alpha value is -2.37. The number of urea groups is 1. The molecule has 2 aliphatic rings. The van der Waals surface area contributed by atoms with E-state index in [2.05, 4.69) is 64.1 Å². The molecule has 1 saturated heterocycles. The van der Waals surface area contributed by atoms with Gasteiger partial charge in [0.25, 0.3) is 0 Å². The van der Waals surface area contributed by atoms with Gasteiger partial charge in [0.05, 0.1) is 19.3 Å². The molecule has 0 aromatic heterocycles. The first kappa shape index (κ1) is 19.0. The second-order valence-electron chi connectivity index (χ2n) is 7.78.